The van der Waals surface area contributed by atoms with Crippen LogP contribution in [0.25, 0.3) is 0 Å². The summed E-state index contributed by atoms with van der Waals surface area (Å²) in [7, 11) is 1.52. The number of hydrogen-bond acceptors (Lipinski definition) is 4. The minimum absolute atomic E-state index is 0.0319. The van der Waals surface area contributed by atoms with Crippen LogP contribution in [0.1, 0.15) is 29.5 Å². The molecule has 0 spiro atoms. The van der Waals surface area contributed by atoms with Crippen molar-refractivity contribution in [1.29, 1.82) is 0 Å². The third-order valence-corrected chi connectivity index (χ3v) is 5.71. The van der Waals surface area contributed by atoms with Crippen LogP contribution < -0.4 is 10.1 Å². The van der Waals surface area contributed by atoms with Gasteiger partial charge in [0.1, 0.15) is 5.75 Å². The summed E-state index contributed by atoms with van der Waals surface area (Å²) in [6, 6.07) is 8.54. The normalized spacial score (nSPS) is 23.1. The van der Waals surface area contributed by atoms with Crippen LogP contribution in [0.4, 0.5) is 11.4 Å². The topological polar surface area (TPSA) is 64.4 Å². The monoisotopic (exact) mass is 390 g/mol. The van der Waals surface area contributed by atoms with E-state index >= 15 is 0 Å². The molecule has 3 atom stereocenters. The zero-order valence-electron chi connectivity index (χ0n) is 13.9. The highest BCUT2D eigenvalue weighted by molar-refractivity contribution is 6.35. The number of nitrogens with one attached hydrogen (secondary N) is 1. The van der Waals surface area contributed by atoms with Gasteiger partial charge in [-0.2, -0.15) is 0 Å². The molecule has 0 radical (unpaired) electrons. The average Bonchev–Trinajstić information content (AvgIpc) is 3.10. The van der Waals surface area contributed by atoms with E-state index in [2.05, 4.69) is 17.5 Å². The van der Waals surface area contributed by atoms with Crippen molar-refractivity contribution in [1.82, 2.24) is 0 Å². The molecule has 0 fully saturated rings. The number of nitrogens with zero attached hydrogens (tertiary/aromatic N) is 1. The first-order chi connectivity index (χ1) is 12.5. The smallest absolute Gasteiger partial charge is 0.273 e. The average molecular weight is 391 g/mol. The first kappa shape index (κ1) is 17.2. The standard InChI is InChI=1S/C19H16Cl2N2O3/c1-26-17-9-11(23(24)25)8-15-12-3-2-4-13(12)18(22-19(15)17)14-6-5-10(20)7-16(14)21/h2-3,5-9,12-13,18,22H,4H2,1H3/t12-,13-,18+/m1/s1. The molecule has 0 amide bonds. The molecule has 0 aromatic heterocycles. The van der Waals surface area contributed by atoms with Crippen molar-refractivity contribution in [2.24, 2.45) is 5.92 Å². The Morgan fingerprint density at radius 3 is 2.73 bits per heavy atom. The van der Waals surface area contributed by atoms with Gasteiger partial charge in [0.2, 0.25) is 0 Å². The van der Waals surface area contributed by atoms with Crippen LogP contribution >= 0.6 is 23.2 Å². The Bertz CT molecular complexity index is 929. The molecule has 0 unspecified atom stereocenters. The van der Waals surface area contributed by atoms with Gasteiger partial charge in [0.15, 0.2) is 0 Å². The van der Waals surface area contributed by atoms with Gasteiger partial charge in [-0.25, -0.2) is 0 Å². The summed E-state index contributed by atoms with van der Waals surface area (Å²) in [6.45, 7) is 0. The zero-order valence-corrected chi connectivity index (χ0v) is 15.4. The van der Waals surface area contributed by atoms with Gasteiger partial charge in [-0.1, -0.05) is 41.4 Å². The van der Waals surface area contributed by atoms with E-state index in [1.165, 1.54) is 13.2 Å². The van der Waals surface area contributed by atoms with Gasteiger partial charge in [-0.3, -0.25) is 10.1 Å². The van der Waals surface area contributed by atoms with E-state index in [1.807, 2.05) is 12.1 Å². The highest BCUT2D eigenvalue weighted by atomic mass is 35.5. The Morgan fingerprint density at radius 1 is 1.23 bits per heavy atom. The SMILES string of the molecule is COc1cc([N+](=O)[O-])cc2c1N[C@H](c1ccc(Cl)cc1Cl)[C@@H]1CC=C[C@@H]21. The van der Waals surface area contributed by atoms with Crippen molar-refractivity contribution in [3.63, 3.8) is 0 Å². The van der Waals surface area contributed by atoms with Gasteiger partial charge in [0, 0.05) is 22.0 Å². The van der Waals surface area contributed by atoms with Crippen molar-refractivity contribution < 1.29 is 9.66 Å². The fourth-order valence-corrected chi connectivity index (χ4v) is 4.51. The van der Waals surface area contributed by atoms with Crippen LogP contribution in [0.3, 0.4) is 0 Å². The number of hydrogen-bond donors (Lipinski definition) is 1. The summed E-state index contributed by atoms with van der Waals surface area (Å²) < 4.78 is 5.44. The molecule has 5 nitrogen and oxygen atoms in total. The molecule has 134 valence electrons. The van der Waals surface area contributed by atoms with E-state index in [9.17, 15) is 10.1 Å². The molecule has 1 N–H and O–H groups in total. The maximum atomic E-state index is 11.3. The molecule has 0 saturated heterocycles. The van der Waals surface area contributed by atoms with Crippen LogP contribution in [-0.4, -0.2) is 12.0 Å². The fourth-order valence-electron chi connectivity index (χ4n) is 3.98. The van der Waals surface area contributed by atoms with E-state index in [-0.39, 0.29) is 23.6 Å². The molecule has 1 heterocycles. The summed E-state index contributed by atoms with van der Waals surface area (Å²) in [4.78, 5) is 10.9. The minimum Gasteiger partial charge on any atom is -0.494 e. The molecule has 7 heteroatoms. The Hall–Kier alpha value is -2.24. The molecular formula is C19H16Cl2N2O3. The third kappa shape index (κ3) is 2.72. The minimum atomic E-state index is -0.390. The zero-order chi connectivity index (χ0) is 18.4. The molecular weight excluding hydrogens is 375 g/mol. The summed E-state index contributed by atoms with van der Waals surface area (Å²) in [6.07, 6.45) is 5.10. The molecule has 0 saturated carbocycles. The largest absolute Gasteiger partial charge is 0.494 e. The van der Waals surface area contributed by atoms with Crippen LogP contribution in [-0.2, 0) is 0 Å². The lowest BCUT2D eigenvalue weighted by atomic mass is 9.76. The van der Waals surface area contributed by atoms with Gasteiger partial charge in [0.05, 0.1) is 29.8 Å². The van der Waals surface area contributed by atoms with Gasteiger partial charge < -0.3 is 10.1 Å². The predicted octanol–water partition coefficient (Wildman–Crippen LogP) is 5.74. The number of allylic oxidation sites excluding steroid dienone is 2. The van der Waals surface area contributed by atoms with Crippen LogP contribution in [0, 0.1) is 16.0 Å². The first-order valence-electron chi connectivity index (χ1n) is 8.24. The third-order valence-electron chi connectivity index (χ3n) is 5.15. The Morgan fingerprint density at radius 2 is 2.04 bits per heavy atom. The Kier molecular flexibility index (Phi) is 4.29. The first-order valence-corrected chi connectivity index (χ1v) is 8.99. The molecule has 2 aliphatic rings. The van der Waals surface area contributed by atoms with Crippen LogP contribution in [0.5, 0.6) is 5.75 Å². The number of rotatable bonds is 3. The van der Waals surface area contributed by atoms with Gasteiger partial charge >= 0.3 is 0 Å². The lowest BCUT2D eigenvalue weighted by Gasteiger charge is -2.38. The molecule has 1 aliphatic heterocycles. The fraction of sp³-hybridized carbons (Fsp3) is 0.263. The van der Waals surface area contributed by atoms with E-state index in [0.717, 1.165) is 23.2 Å². The molecule has 26 heavy (non-hydrogen) atoms. The Balaban J connectivity index is 1.86. The number of benzene rings is 2. The number of nitro benzene ring substituents is 1. The quantitative estimate of drug-likeness (QED) is 0.412. The predicted molar refractivity (Wildman–Crippen MR) is 102 cm³/mol. The van der Waals surface area contributed by atoms with Crippen molar-refractivity contribution in [3.05, 3.63) is 73.8 Å². The van der Waals surface area contributed by atoms with E-state index < -0.39 is 4.92 Å². The summed E-state index contributed by atoms with van der Waals surface area (Å²) in [5.41, 5.74) is 2.66. The van der Waals surface area contributed by atoms with Crippen molar-refractivity contribution in [2.45, 2.75) is 18.4 Å². The molecule has 1 aliphatic carbocycles. The lowest BCUT2D eigenvalue weighted by Crippen LogP contribution is -2.29. The Labute approximate surface area is 160 Å². The second-order valence-corrected chi connectivity index (χ2v) is 7.35. The number of nitro groups is 1. The molecule has 2 aromatic carbocycles. The van der Waals surface area contributed by atoms with Crippen LogP contribution in [0.15, 0.2) is 42.5 Å². The lowest BCUT2D eigenvalue weighted by molar-refractivity contribution is -0.385. The number of anilines is 1. The van der Waals surface area contributed by atoms with Gasteiger partial charge in [0.25, 0.3) is 5.69 Å². The summed E-state index contributed by atoms with van der Waals surface area (Å²) in [5.74, 6) is 0.743. The number of ether oxygens (including phenoxy) is 1. The van der Waals surface area contributed by atoms with Crippen LogP contribution in [0.2, 0.25) is 10.0 Å². The number of halogens is 2. The number of non-ortho nitro benzene ring substituents is 1. The van der Waals surface area contributed by atoms with Crippen molar-refractivity contribution in [3.8, 4) is 5.75 Å². The highest BCUT2D eigenvalue weighted by Gasteiger charge is 2.40. The van der Waals surface area contributed by atoms with E-state index in [0.29, 0.717) is 15.8 Å². The second kappa shape index (κ2) is 6.49. The molecule has 0 bridgehead atoms. The maximum absolute atomic E-state index is 11.3. The molecule has 4 rings (SSSR count). The number of fused-ring (bicyclic) bond motifs is 3. The van der Waals surface area contributed by atoms with E-state index in [1.54, 1.807) is 12.1 Å². The van der Waals surface area contributed by atoms with Gasteiger partial charge in [-0.15, -0.1) is 0 Å². The maximum Gasteiger partial charge on any atom is 0.273 e. The summed E-state index contributed by atoms with van der Waals surface area (Å²) in [5, 5.41) is 16.0. The highest BCUT2D eigenvalue weighted by Crippen LogP contribution is 2.54. The van der Waals surface area contributed by atoms with Crippen molar-refractivity contribution in [2.75, 3.05) is 12.4 Å². The second-order valence-electron chi connectivity index (χ2n) is 6.51. The van der Waals surface area contributed by atoms with Crippen molar-refractivity contribution >= 4 is 34.6 Å². The number of methoxy groups -OCH3 is 1. The molecule has 2 aromatic rings. The van der Waals surface area contributed by atoms with Gasteiger partial charge in [-0.05, 0) is 35.6 Å². The summed E-state index contributed by atoms with van der Waals surface area (Å²) >= 11 is 12.5. The van der Waals surface area contributed by atoms with E-state index in [4.69, 9.17) is 27.9 Å².